The van der Waals surface area contributed by atoms with Crippen molar-refractivity contribution in [3.8, 4) is 0 Å². The Kier molecular flexibility index (Phi) is 5.17. The molecule has 1 amide bonds. The number of rotatable bonds is 5. The van der Waals surface area contributed by atoms with Gasteiger partial charge in [-0.05, 0) is 93.8 Å². The summed E-state index contributed by atoms with van der Waals surface area (Å²) >= 11 is 6.57. The summed E-state index contributed by atoms with van der Waals surface area (Å²) in [4.78, 5) is 16.0. The smallest absolute Gasteiger partial charge is 0.226 e. The Balaban J connectivity index is 1.32. The summed E-state index contributed by atoms with van der Waals surface area (Å²) in [5, 5.41) is 4.24. The zero-order chi connectivity index (χ0) is 19.1. The lowest BCUT2D eigenvalue weighted by Gasteiger charge is -2.55. The monoisotopic (exact) mass is 400 g/mol. The van der Waals surface area contributed by atoms with Crippen molar-refractivity contribution in [2.75, 3.05) is 19.6 Å². The van der Waals surface area contributed by atoms with Crippen LogP contribution in [0.4, 0.5) is 0 Å². The highest BCUT2D eigenvalue weighted by molar-refractivity contribution is 6.31. The quantitative estimate of drug-likeness (QED) is 0.736. The van der Waals surface area contributed by atoms with Gasteiger partial charge >= 0.3 is 0 Å². The van der Waals surface area contributed by atoms with Gasteiger partial charge in [0.15, 0.2) is 0 Å². The molecule has 4 heteroatoms. The molecule has 152 valence electrons. The van der Waals surface area contributed by atoms with Crippen molar-refractivity contribution in [1.82, 2.24) is 10.2 Å². The lowest BCUT2D eigenvalue weighted by molar-refractivity contribution is -0.146. The molecule has 1 aromatic rings. The Morgan fingerprint density at radius 3 is 2.25 bits per heavy atom. The zero-order valence-corrected chi connectivity index (χ0v) is 17.6. The molecule has 1 aliphatic heterocycles. The molecule has 1 heterocycles. The Hall–Kier alpha value is -1.06. The van der Waals surface area contributed by atoms with Gasteiger partial charge in [-0.25, -0.2) is 0 Å². The summed E-state index contributed by atoms with van der Waals surface area (Å²) in [5.74, 6) is 2.75. The molecule has 3 nitrogen and oxygen atoms in total. The molecule has 0 spiro atoms. The Morgan fingerprint density at radius 1 is 1.04 bits per heavy atom. The number of halogens is 1. The number of nitrogens with zero attached hydrogens (tertiary/aromatic N) is 1. The fourth-order valence-electron chi connectivity index (χ4n) is 7.18. The molecule has 1 N–H and O–H groups in total. The summed E-state index contributed by atoms with van der Waals surface area (Å²) in [6, 6.07) is 8.37. The van der Waals surface area contributed by atoms with Crippen molar-refractivity contribution in [3.63, 3.8) is 0 Å². The number of carbonyl (C=O) groups excluding carboxylic acids is 1. The number of carbonyl (C=O) groups is 1. The van der Waals surface area contributed by atoms with Crippen LogP contribution in [0.2, 0.25) is 5.02 Å². The third-order valence-corrected chi connectivity index (χ3v) is 8.42. The highest BCUT2D eigenvalue weighted by Crippen LogP contribution is 2.60. The largest absolute Gasteiger partial charge is 0.354 e. The number of hydrogen-bond acceptors (Lipinski definition) is 2. The Morgan fingerprint density at radius 2 is 1.64 bits per heavy atom. The van der Waals surface area contributed by atoms with Crippen LogP contribution in [0.15, 0.2) is 24.3 Å². The molecule has 1 saturated heterocycles. The van der Waals surface area contributed by atoms with E-state index >= 15 is 0 Å². The third-order valence-electron chi connectivity index (χ3n) is 8.07. The molecule has 5 fully saturated rings. The van der Waals surface area contributed by atoms with E-state index in [0.717, 1.165) is 60.7 Å². The zero-order valence-electron chi connectivity index (χ0n) is 16.8. The summed E-state index contributed by atoms with van der Waals surface area (Å²) in [7, 11) is 0. The molecule has 28 heavy (non-hydrogen) atoms. The highest BCUT2D eigenvalue weighted by atomic mass is 35.5. The standard InChI is InChI=1S/C24H33ClN2O/c25-21-7-3-2-6-20(21)22(27-8-4-1-5-9-27)16-26-23(28)24-13-17-10-18(14-24)12-19(11-17)15-24/h2-3,6-7,17-19,22H,1,4-5,8-16H2,(H,26,28)/t17?,18?,19?,22-,24?/m0/s1. The van der Waals surface area contributed by atoms with Gasteiger partial charge in [-0.2, -0.15) is 0 Å². The van der Waals surface area contributed by atoms with Gasteiger partial charge in [0.25, 0.3) is 0 Å². The molecule has 4 bridgehead atoms. The predicted molar refractivity (Wildman–Crippen MR) is 113 cm³/mol. The fourth-order valence-corrected chi connectivity index (χ4v) is 7.44. The highest BCUT2D eigenvalue weighted by Gasteiger charge is 2.54. The van der Waals surface area contributed by atoms with Crippen LogP contribution >= 0.6 is 11.6 Å². The van der Waals surface area contributed by atoms with Gasteiger partial charge in [-0.3, -0.25) is 9.69 Å². The van der Waals surface area contributed by atoms with Gasteiger partial charge in [-0.1, -0.05) is 36.2 Å². The maximum Gasteiger partial charge on any atom is 0.226 e. The second-order valence-electron chi connectivity index (χ2n) is 10.0. The van der Waals surface area contributed by atoms with Crippen LogP contribution < -0.4 is 5.32 Å². The van der Waals surface area contributed by atoms with Gasteiger partial charge in [0.1, 0.15) is 0 Å². The minimum absolute atomic E-state index is 0.0678. The molecule has 0 aromatic heterocycles. The van der Waals surface area contributed by atoms with Crippen molar-refractivity contribution < 1.29 is 4.79 Å². The van der Waals surface area contributed by atoms with E-state index in [2.05, 4.69) is 22.3 Å². The number of hydrogen-bond donors (Lipinski definition) is 1. The third kappa shape index (κ3) is 3.50. The van der Waals surface area contributed by atoms with Crippen LogP contribution in [-0.4, -0.2) is 30.4 Å². The van der Waals surface area contributed by atoms with Crippen molar-refractivity contribution in [2.24, 2.45) is 23.2 Å². The normalized spacial score (nSPS) is 35.7. The number of benzene rings is 1. The van der Waals surface area contributed by atoms with Gasteiger partial charge in [0.05, 0.1) is 6.04 Å². The first-order valence-corrected chi connectivity index (χ1v) is 11.8. The fraction of sp³-hybridized carbons (Fsp3) is 0.708. The summed E-state index contributed by atoms with van der Waals surface area (Å²) in [5.41, 5.74) is 1.10. The van der Waals surface area contributed by atoms with Crippen molar-refractivity contribution in [3.05, 3.63) is 34.9 Å². The van der Waals surface area contributed by atoms with E-state index < -0.39 is 0 Å². The van der Waals surface area contributed by atoms with Gasteiger partial charge in [0, 0.05) is 17.0 Å². The van der Waals surface area contributed by atoms with Crippen LogP contribution in [0.1, 0.15) is 69.4 Å². The van der Waals surface area contributed by atoms with E-state index in [1.54, 1.807) is 0 Å². The minimum atomic E-state index is -0.0678. The molecule has 4 saturated carbocycles. The van der Waals surface area contributed by atoms with E-state index in [-0.39, 0.29) is 11.5 Å². The summed E-state index contributed by atoms with van der Waals surface area (Å²) < 4.78 is 0. The molecule has 1 atom stereocenters. The van der Waals surface area contributed by atoms with E-state index in [1.807, 2.05) is 12.1 Å². The molecule has 6 rings (SSSR count). The average molecular weight is 401 g/mol. The number of piperidine rings is 1. The maximum absolute atomic E-state index is 13.4. The Labute approximate surface area is 174 Å². The van der Waals surface area contributed by atoms with Crippen LogP contribution in [0.3, 0.4) is 0 Å². The summed E-state index contributed by atoms with van der Waals surface area (Å²) in [6.45, 7) is 2.89. The average Bonchev–Trinajstić information content (AvgIpc) is 2.69. The molecule has 0 unspecified atom stereocenters. The number of amides is 1. The van der Waals surface area contributed by atoms with Crippen LogP contribution in [0.25, 0.3) is 0 Å². The molecule has 4 aliphatic carbocycles. The van der Waals surface area contributed by atoms with Crippen LogP contribution in [0, 0.1) is 23.2 Å². The lowest BCUT2D eigenvalue weighted by Crippen LogP contribution is -2.54. The van der Waals surface area contributed by atoms with Gasteiger partial charge < -0.3 is 5.32 Å². The van der Waals surface area contributed by atoms with Gasteiger partial charge in [-0.15, -0.1) is 0 Å². The maximum atomic E-state index is 13.4. The van der Waals surface area contributed by atoms with E-state index in [0.29, 0.717) is 12.5 Å². The first kappa shape index (κ1) is 18.9. The van der Waals surface area contributed by atoms with Crippen LogP contribution in [0.5, 0.6) is 0 Å². The second-order valence-corrected chi connectivity index (χ2v) is 10.4. The van der Waals surface area contributed by atoms with Crippen molar-refractivity contribution in [2.45, 2.75) is 63.8 Å². The molecular weight excluding hydrogens is 368 g/mol. The van der Waals surface area contributed by atoms with Crippen LogP contribution in [-0.2, 0) is 4.79 Å². The van der Waals surface area contributed by atoms with Gasteiger partial charge in [0.2, 0.25) is 5.91 Å². The summed E-state index contributed by atoms with van der Waals surface area (Å²) in [6.07, 6.45) is 11.3. The molecular formula is C24H33ClN2O. The first-order chi connectivity index (χ1) is 13.6. The minimum Gasteiger partial charge on any atom is -0.354 e. The molecule has 5 aliphatic rings. The first-order valence-electron chi connectivity index (χ1n) is 11.4. The SMILES string of the molecule is O=C(NC[C@@H](c1ccccc1Cl)N1CCCCC1)C12CC3CC(CC(C3)C1)C2. The number of nitrogens with one attached hydrogen (secondary N) is 1. The van der Waals surface area contributed by atoms with Crippen molar-refractivity contribution >= 4 is 17.5 Å². The van der Waals surface area contributed by atoms with E-state index in [9.17, 15) is 4.79 Å². The second kappa shape index (κ2) is 7.65. The van der Waals surface area contributed by atoms with E-state index in [4.69, 9.17) is 11.6 Å². The molecule has 1 aromatic carbocycles. The topological polar surface area (TPSA) is 32.3 Å². The Bertz CT molecular complexity index is 692. The lowest BCUT2D eigenvalue weighted by atomic mass is 9.49. The van der Waals surface area contributed by atoms with E-state index in [1.165, 1.54) is 38.5 Å². The molecule has 0 radical (unpaired) electrons. The van der Waals surface area contributed by atoms with Crippen molar-refractivity contribution in [1.29, 1.82) is 0 Å². The predicted octanol–water partition coefficient (Wildman–Crippen LogP) is 5.20. The number of likely N-dealkylation sites (tertiary alicyclic amines) is 1.